The van der Waals surface area contributed by atoms with Crippen LogP contribution in [0, 0.1) is 11.8 Å². The minimum atomic E-state index is -0.237. The van der Waals surface area contributed by atoms with Gasteiger partial charge in [0.05, 0.1) is 6.61 Å². The second-order valence-corrected chi connectivity index (χ2v) is 5.89. The van der Waals surface area contributed by atoms with E-state index in [4.69, 9.17) is 4.74 Å². The number of carbonyl (C=O) groups is 1. The Morgan fingerprint density at radius 1 is 1.15 bits per heavy atom. The summed E-state index contributed by atoms with van der Waals surface area (Å²) >= 11 is 0. The number of ether oxygens (including phenoxy) is 1. The SMILES string of the molecule is CCOC(=O)C=C(C=CCC(C)CCCC(C)C)CC. The molecule has 0 saturated heterocycles. The van der Waals surface area contributed by atoms with Crippen molar-refractivity contribution < 1.29 is 9.53 Å². The molecule has 0 bridgehead atoms. The fourth-order valence-corrected chi connectivity index (χ4v) is 2.05. The average molecular weight is 280 g/mol. The lowest BCUT2D eigenvalue weighted by atomic mass is 9.97. The molecular formula is C18H32O2. The molecule has 116 valence electrons. The highest BCUT2D eigenvalue weighted by atomic mass is 16.5. The topological polar surface area (TPSA) is 26.3 Å². The van der Waals surface area contributed by atoms with Crippen LogP contribution in [0.3, 0.4) is 0 Å². The monoisotopic (exact) mass is 280 g/mol. The Morgan fingerprint density at radius 2 is 1.85 bits per heavy atom. The Hall–Kier alpha value is -1.05. The first-order valence-electron chi connectivity index (χ1n) is 8.03. The molecule has 0 aromatic heterocycles. The second-order valence-electron chi connectivity index (χ2n) is 5.89. The fraction of sp³-hybridized carbons (Fsp3) is 0.722. The molecule has 0 fully saturated rings. The van der Waals surface area contributed by atoms with Gasteiger partial charge in [-0.2, -0.15) is 0 Å². The zero-order valence-electron chi connectivity index (χ0n) is 13.9. The molecule has 0 aromatic rings. The van der Waals surface area contributed by atoms with E-state index in [1.807, 2.05) is 6.92 Å². The number of hydrogen-bond acceptors (Lipinski definition) is 2. The molecule has 0 aliphatic heterocycles. The molecule has 0 aromatic carbocycles. The fourth-order valence-electron chi connectivity index (χ4n) is 2.05. The molecule has 0 N–H and O–H groups in total. The Kier molecular flexibility index (Phi) is 11.1. The van der Waals surface area contributed by atoms with Gasteiger partial charge in [-0.3, -0.25) is 0 Å². The summed E-state index contributed by atoms with van der Waals surface area (Å²) < 4.78 is 4.93. The van der Waals surface area contributed by atoms with E-state index in [-0.39, 0.29) is 5.97 Å². The van der Waals surface area contributed by atoms with Crippen LogP contribution in [0.5, 0.6) is 0 Å². The van der Waals surface area contributed by atoms with Crippen LogP contribution in [0.1, 0.15) is 66.7 Å². The van der Waals surface area contributed by atoms with E-state index in [1.54, 1.807) is 6.08 Å². The summed E-state index contributed by atoms with van der Waals surface area (Å²) in [6, 6.07) is 0. The Morgan fingerprint density at radius 3 is 2.40 bits per heavy atom. The minimum absolute atomic E-state index is 0.237. The summed E-state index contributed by atoms with van der Waals surface area (Å²) in [6.07, 6.45) is 11.7. The maximum atomic E-state index is 11.4. The largest absolute Gasteiger partial charge is 0.463 e. The van der Waals surface area contributed by atoms with Crippen molar-refractivity contribution >= 4 is 5.97 Å². The Bertz CT molecular complexity index is 313. The predicted molar refractivity (Wildman–Crippen MR) is 86.6 cm³/mol. The van der Waals surface area contributed by atoms with Gasteiger partial charge in [-0.25, -0.2) is 4.79 Å². The van der Waals surface area contributed by atoms with Gasteiger partial charge >= 0.3 is 5.97 Å². The third-order valence-corrected chi connectivity index (χ3v) is 3.35. The molecule has 0 aliphatic carbocycles. The van der Waals surface area contributed by atoms with Crippen LogP contribution in [0.25, 0.3) is 0 Å². The van der Waals surface area contributed by atoms with Crippen LogP contribution in [0.15, 0.2) is 23.8 Å². The predicted octanol–water partition coefficient (Wildman–Crippen LogP) is 5.29. The van der Waals surface area contributed by atoms with Crippen molar-refractivity contribution in [2.75, 3.05) is 6.61 Å². The van der Waals surface area contributed by atoms with E-state index in [0.717, 1.165) is 24.3 Å². The summed E-state index contributed by atoms with van der Waals surface area (Å²) in [4.78, 5) is 11.4. The van der Waals surface area contributed by atoms with E-state index in [1.165, 1.54) is 19.3 Å². The maximum absolute atomic E-state index is 11.4. The molecule has 0 rings (SSSR count). The van der Waals surface area contributed by atoms with Crippen LogP contribution in [-0.4, -0.2) is 12.6 Å². The molecule has 2 nitrogen and oxygen atoms in total. The van der Waals surface area contributed by atoms with Gasteiger partial charge in [0.25, 0.3) is 0 Å². The zero-order valence-corrected chi connectivity index (χ0v) is 13.9. The molecule has 0 aliphatic rings. The van der Waals surface area contributed by atoms with Gasteiger partial charge in [0.1, 0.15) is 0 Å². The lowest BCUT2D eigenvalue weighted by molar-refractivity contribution is -0.137. The average Bonchev–Trinajstić information content (AvgIpc) is 2.37. The molecule has 1 unspecified atom stereocenters. The van der Waals surface area contributed by atoms with Crippen molar-refractivity contribution in [1.82, 2.24) is 0 Å². The standard InChI is InChI=1S/C18H32O2/c1-6-17(14-18(19)20-7-2)13-9-12-16(5)11-8-10-15(3)4/h9,13-16H,6-8,10-12H2,1-5H3. The van der Waals surface area contributed by atoms with Crippen LogP contribution >= 0.6 is 0 Å². The third kappa shape index (κ3) is 10.8. The number of esters is 1. The molecule has 0 saturated carbocycles. The van der Waals surface area contributed by atoms with Gasteiger partial charge in [0, 0.05) is 6.08 Å². The van der Waals surface area contributed by atoms with Crippen molar-refractivity contribution in [1.29, 1.82) is 0 Å². The molecule has 1 atom stereocenters. The van der Waals surface area contributed by atoms with E-state index in [2.05, 4.69) is 39.8 Å². The van der Waals surface area contributed by atoms with Gasteiger partial charge < -0.3 is 4.74 Å². The van der Waals surface area contributed by atoms with Crippen molar-refractivity contribution in [3.8, 4) is 0 Å². The van der Waals surface area contributed by atoms with Crippen LogP contribution < -0.4 is 0 Å². The van der Waals surface area contributed by atoms with E-state index < -0.39 is 0 Å². The lowest BCUT2D eigenvalue weighted by Crippen LogP contribution is -2.00. The van der Waals surface area contributed by atoms with E-state index >= 15 is 0 Å². The molecule has 2 heteroatoms. The first-order chi connectivity index (χ1) is 9.49. The first kappa shape index (κ1) is 18.9. The summed E-state index contributed by atoms with van der Waals surface area (Å²) in [7, 11) is 0. The van der Waals surface area contributed by atoms with Gasteiger partial charge in [0.2, 0.25) is 0 Å². The molecule has 0 amide bonds. The van der Waals surface area contributed by atoms with Crippen molar-refractivity contribution in [2.45, 2.75) is 66.7 Å². The van der Waals surface area contributed by atoms with Crippen LogP contribution in [0.2, 0.25) is 0 Å². The molecule has 0 radical (unpaired) electrons. The molecular weight excluding hydrogens is 248 g/mol. The number of allylic oxidation sites excluding steroid dienone is 3. The highest BCUT2D eigenvalue weighted by Crippen LogP contribution is 2.16. The highest BCUT2D eigenvalue weighted by molar-refractivity contribution is 5.83. The van der Waals surface area contributed by atoms with E-state index in [0.29, 0.717) is 12.5 Å². The summed E-state index contributed by atoms with van der Waals surface area (Å²) in [5, 5.41) is 0. The van der Waals surface area contributed by atoms with Crippen molar-refractivity contribution in [3.63, 3.8) is 0 Å². The molecule has 0 heterocycles. The number of rotatable bonds is 10. The van der Waals surface area contributed by atoms with Gasteiger partial charge in [-0.1, -0.05) is 59.1 Å². The summed E-state index contributed by atoms with van der Waals surface area (Å²) in [5.74, 6) is 1.28. The zero-order chi connectivity index (χ0) is 15.4. The van der Waals surface area contributed by atoms with E-state index in [9.17, 15) is 4.79 Å². The summed E-state index contributed by atoms with van der Waals surface area (Å²) in [5.41, 5.74) is 1.04. The number of hydrogen-bond donors (Lipinski definition) is 0. The van der Waals surface area contributed by atoms with Gasteiger partial charge in [-0.15, -0.1) is 0 Å². The smallest absolute Gasteiger partial charge is 0.331 e. The third-order valence-electron chi connectivity index (χ3n) is 3.35. The van der Waals surface area contributed by atoms with Gasteiger partial charge in [-0.05, 0) is 37.2 Å². The normalized spacial score (nSPS) is 14.0. The maximum Gasteiger partial charge on any atom is 0.331 e. The number of carbonyl (C=O) groups excluding carboxylic acids is 1. The highest BCUT2D eigenvalue weighted by Gasteiger charge is 2.02. The van der Waals surface area contributed by atoms with Gasteiger partial charge in [0.15, 0.2) is 0 Å². The quantitative estimate of drug-likeness (QED) is 0.308. The van der Waals surface area contributed by atoms with Crippen molar-refractivity contribution in [2.24, 2.45) is 11.8 Å². The second kappa shape index (κ2) is 11.7. The first-order valence-corrected chi connectivity index (χ1v) is 8.03. The Labute approximate surface area is 125 Å². The Balaban J connectivity index is 4.09. The van der Waals surface area contributed by atoms with Crippen LogP contribution in [0.4, 0.5) is 0 Å². The van der Waals surface area contributed by atoms with Crippen LogP contribution in [-0.2, 0) is 9.53 Å². The summed E-state index contributed by atoms with van der Waals surface area (Å²) in [6.45, 7) is 11.2. The minimum Gasteiger partial charge on any atom is -0.463 e. The molecule has 0 spiro atoms. The lowest BCUT2D eigenvalue weighted by Gasteiger charge is -2.09. The van der Waals surface area contributed by atoms with Crippen molar-refractivity contribution in [3.05, 3.63) is 23.8 Å². The molecule has 20 heavy (non-hydrogen) atoms.